The van der Waals surface area contributed by atoms with Crippen molar-refractivity contribution in [2.75, 3.05) is 12.8 Å². The van der Waals surface area contributed by atoms with E-state index in [4.69, 9.17) is 50.0 Å². The highest BCUT2D eigenvalue weighted by atomic mass is 35.5. The number of nitrogens with zero attached hydrogens (tertiary/aromatic N) is 6. The Hall–Kier alpha value is -3.87. The Morgan fingerprint density at radius 1 is 1.22 bits per heavy atom. The van der Waals surface area contributed by atoms with Crippen molar-refractivity contribution < 1.29 is 18.9 Å². The van der Waals surface area contributed by atoms with Crippen molar-refractivity contribution in [2.24, 2.45) is 5.10 Å². The minimum atomic E-state index is -0.597. The number of nitrogen functional groups attached to an aromatic ring is 1. The molecule has 0 fully saturated rings. The molecule has 2 heterocycles. The van der Waals surface area contributed by atoms with Crippen molar-refractivity contribution in [3.05, 3.63) is 67.9 Å². The van der Waals surface area contributed by atoms with Crippen molar-refractivity contribution in [3.63, 3.8) is 0 Å². The maximum atomic E-state index is 12.7. The van der Waals surface area contributed by atoms with Gasteiger partial charge in [-0.15, -0.1) is 5.10 Å². The molecule has 4 rings (SSSR count). The van der Waals surface area contributed by atoms with Gasteiger partial charge in [0.1, 0.15) is 12.4 Å². The molecular weight excluding hydrogens is 535 g/mol. The van der Waals surface area contributed by atoms with E-state index in [1.165, 1.54) is 25.5 Å². The van der Waals surface area contributed by atoms with E-state index in [9.17, 15) is 4.79 Å². The van der Waals surface area contributed by atoms with Crippen molar-refractivity contribution in [1.82, 2.24) is 30.7 Å². The number of ether oxygens (including phenoxy) is 2. The van der Waals surface area contributed by atoms with Crippen LogP contribution in [0.25, 0.3) is 5.82 Å². The maximum Gasteiger partial charge on any atom is 0.292 e. The van der Waals surface area contributed by atoms with Gasteiger partial charge in [0, 0.05) is 10.6 Å². The number of aromatic nitrogens is 5. The van der Waals surface area contributed by atoms with E-state index >= 15 is 0 Å². The molecule has 36 heavy (non-hydrogen) atoms. The predicted molar refractivity (Wildman–Crippen MR) is 132 cm³/mol. The Morgan fingerprint density at radius 2 is 1.97 bits per heavy atom. The molecule has 0 radical (unpaired) electrons. The topological polar surface area (TPSA) is 156 Å². The van der Waals surface area contributed by atoms with Crippen LogP contribution >= 0.6 is 34.8 Å². The first-order chi connectivity index (χ1) is 17.3. The van der Waals surface area contributed by atoms with Gasteiger partial charge in [-0.1, -0.05) is 40.0 Å². The van der Waals surface area contributed by atoms with Crippen molar-refractivity contribution >= 4 is 52.7 Å². The molecule has 2 aromatic heterocycles. The van der Waals surface area contributed by atoms with E-state index in [1.807, 2.05) is 0 Å². The second-order valence-corrected chi connectivity index (χ2v) is 8.42. The summed E-state index contributed by atoms with van der Waals surface area (Å²) in [6, 6.07) is 8.31. The zero-order valence-electron chi connectivity index (χ0n) is 18.7. The van der Waals surface area contributed by atoms with Gasteiger partial charge in [0.15, 0.2) is 11.4 Å². The fourth-order valence-corrected chi connectivity index (χ4v) is 4.06. The molecule has 0 atom stereocenters. The Bertz CT molecular complexity index is 1430. The van der Waals surface area contributed by atoms with Gasteiger partial charge < -0.3 is 15.2 Å². The largest absolute Gasteiger partial charge is 0.496 e. The Labute approximate surface area is 218 Å². The quantitative estimate of drug-likeness (QED) is 0.245. The third-order valence-electron chi connectivity index (χ3n) is 4.77. The van der Waals surface area contributed by atoms with E-state index in [1.54, 1.807) is 25.1 Å². The number of nitrogens with one attached hydrogen (secondary N) is 1. The zero-order valence-corrected chi connectivity index (χ0v) is 21.0. The van der Waals surface area contributed by atoms with Gasteiger partial charge in [0.25, 0.3) is 5.91 Å². The molecular formula is C21H17Cl3N8O4. The highest BCUT2D eigenvalue weighted by molar-refractivity contribution is 6.40. The molecule has 0 spiro atoms. The molecule has 0 aliphatic rings. The third-order valence-corrected chi connectivity index (χ3v) is 5.55. The van der Waals surface area contributed by atoms with Crippen LogP contribution in [0.15, 0.2) is 40.1 Å². The van der Waals surface area contributed by atoms with E-state index in [-0.39, 0.29) is 34.0 Å². The lowest BCUT2D eigenvalue weighted by atomic mass is 10.1. The van der Waals surface area contributed by atoms with Crippen LogP contribution in [0, 0.1) is 6.92 Å². The minimum Gasteiger partial charge on any atom is -0.496 e. The molecule has 0 saturated carbocycles. The van der Waals surface area contributed by atoms with Gasteiger partial charge in [0.2, 0.25) is 11.6 Å². The predicted octanol–water partition coefficient (Wildman–Crippen LogP) is 3.85. The smallest absolute Gasteiger partial charge is 0.292 e. The average Bonchev–Trinajstić information content (AvgIpc) is 3.43. The minimum absolute atomic E-state index is 0.0328. The number of nitrogens with two attached hydrogens (primary N) is 1. The molecule has 1 amide bonds. The van der Waals surface area contributed by atoms with Gasteiger partial charge in [-0.2, -0.15) is 9.78 Å². The van der Waals surface area contributed by atoms with Crippen molar-refractivity contribution in [3.8, 4) is 17.3 Å². The lowest BCUT2D eigenvalue weighted by Gasteiger charge is -2.13. The zero-order chi connectivity index (χ0) is 25.8. The summed E-state index contributed by atoms with van der Waals surface area (Å²) in [5, 5.41) is 19.8. The normalized spacial score (nSPS) is 11.1. The lowest BCUT2D eigenvalue weighted by Crippen LogP contribution is -2.22. The number of methoxy groups -OCH3 is 1. The van der Waals surface area contributed by atoms with E-state index in [0.717, 1.165) is 4.68 Å². The van der Waals surface area contributed by atoms with Crippen LogP contribution in [0.1, 0.15) is 27.3 Å². The standard InChI is InChI=1S/C21H17Cl3N8O4/c1-10-17(32(31-27-10)20-19(25)29-36-30-20)21(33)28-26-8-11-3-4-16(34-2)12(5-11)9-35-18-14(23)6-13(22)7-15(18)24/h3-8H,9H2,1-2H3,(H2,25,29)(H,28,33)/b26-8-. The molecule has 15 heteroatoms. The van der Waals surface area contributed by atoms with E-state index < -0.39 is 5.91 Å². The first kappa shape index (κ1) is 25.2. The van der Waals surface area contributed by atoms with Crippen molar-refractivity contribution in [2.45, 2.75) is 13.5 Å². The summed E-state index contributed by atoms with van der Waals surface area (Å²) in [6.45, 7) is 1.69. The first-order valence-electron chi connectivity index (χ1n) is 10.1. The molecule has 2 aromatic carbocycles. The van der Waals surface area contributed by atoms with Crippen LogP contribution < -0.4 is 20.6 Å². The lowest BCUT2D eigenvalue weighted by molar-refractivity contribution is 0.0946. The molecule has 0 bridgehead atoms. The Balaban J connectivity index is 1.49. The number of hydrogen-bond acceptors (Lipinski definition) is 10. The number of halogens is 3. The van der Waals surface area contributed by atoms with Crippen LogP contribution in [0.4, 0.5) is 5.82 Å². The fraction of sp³-hybridized carbons (Fsp3) is 0.143. The average molecular weight is 552 g/mol. The number of benzene rings is 2. The highest BCUT2D eigenvalue weighted by Crippen LogP contribution is 2.36. The molecule has 12 nitrogen and oxygen atoms in total. The first-order valence-corrected chi connectivity index (χ1v) is 11.2. The summed E-state index contributed by atoms with van der Waals surface area (Å²) in [4.78, 5) is 12.7. The fourth-order valence-electron chi connectivity index (χ4n) is 3.13. The summed E-state index contributed by atoms with van der Waals surface area (Å²) >= 11 is 18.3. The summed E-state index contributed by atoms with van der Waals surface area (Å²) in [7, 11) is 1.53. The Morgan fingerprint density at radius 3 is 2.64 bits per heavy atom. The summed E-state index contributed by atoms with van der Waals surface area (Å²) in [5.74, 6) is 0.249. The molecule has 0 aliphatic heterocycles. The number of amides is 1. The SMILES string of the molecule is COc1ccc(/C=N\NC(=O)c2c(C)nnn2-c2nonc2N)cc1COc1c(Cl)cc(Cl)cc1Cl. The number of carbonyl (C=O) groups is 1. The summed E-state index contributed by atoms with van der Waals surface area (Å²) in [5.41, 5.74) is 9.84. The third kappa shape index (κ3) is 5.35. The van der Waals surface area contributed by atoms with Gasteiger partial charge >= 0.3 is 0 Å². The number of hydrogen-bond donors (Lipinski definition) is 2. The van der Waals surface area contributed by atoms with Crippen LogP contribution in [0.3, 0.4) is 0 Å². The molecule has 0 saturated heterocycles. The van der Waals surface area contributed by atoms with Gasteiger partial charge in [-0.05, 0) is 53.1 Å². The second kappa shape index (κ2) is 10.8. The van der Waals surface area contributed by atoms with Crippen LogP contribution in [-0.4, -0.2) is 44.5 Å². The Kier molecular flexibility index (Phi) is 7.58. The number of carbonyl (C=O) groups excluding carboxylic acids is 1. The molecule has 0 aliphatic carbocycles. The van der Waals surface area contributed by atoms with Crippen molar-refractivity contribution in [1.29, 1.82) is 0 Å². The summed E-state index contributed by atoms with van der Waals surface area (Å²) < 4.78 is 16.9. The van der Waals surface area contributed by atoms with Crippen LogP contribution in [0.5, 0.6) is 11.5 Å². The number of aryl methyl sites for hydroxylation is 1. The number of anilines is 1. The molecule has 4 aromatic rings. The van der Waals surface area contributed by atoms with Gasteiger partial charge in [0.05, 0.1) is 29.1 Å². The number of hydrazone groups is 1. The van der Waals surface area contributed by atoms with Gasteiger partial charge in [-0.3, -0.25) is 4.79 Å². The maximum absolute atomic E-state index is 12.7. The van der Waals surface area contributed by atoms with Gasteiger partial charge in [-0.25, -0.2) is 10.1 Å². The highest BCUT2D eigenvalue weighted by Gasteiger charge is 2.22. The van der Waals surface area contributed by atoms with E-state index in [0.29, 0.717) is 33.3 Å². The van der Waals surface area contributed by atoms with Crippen LogP contribution in [0.2, 0.25) is 15.1 Å². The molecule has 3 N–H and O–H groups in total. The van der Waals surface area contributed by atoms with Crippen LogP contribution in [-0.2, 0) is 6.61 Å². The monoisotopic (exact) mass is 550 g/mol. The second-order valence-electron chi connectivity index (χ2n) is 7.17. The molecule has 0 unspecified atom stereocenters. The molecule has 186 valence electrons. The number of rotatable bonds is 8. The summed E-state index contributed by atoms with van der Waals surface area (Å²) in [6.07, 6.45) is 1.44. The van der Waals surface area contributed by atoms with E-state index in [2.05, 4.69) is 35.8 Å².